The van der Waals surface area contributed by atoms with Gasteiger partial charge in [-0.3, -0.25) is 0 Å². The summed E-state index contributed by atoms with van der Waals surface area (Å²) >= 11 is 9.74. The zero-order chi connectivity index (χ0) is 13.7. The molecule has 2 rings (SSSR count). The van der Waals surface area contributed by atoms with Gasteiger partial charge in [-0.2, -0.15) is 0 Å². The third-order valence-electron chi connectivity index (χ3n) is 3.37. The van der Waals surface area contributed by atoms with Crippen LogP contribution < -0.4 is 5.32 Å². The Balaban J connectivity index is 1.97. The Morgan fingerprint density at radius 3 is 3.11 bits per heavy atom. The van der Waals surface area contributed by atoms with E-state index in [4.69, 9.17) is 21.1 Å². The van der Waals surface area contributed by atoms with E-state index in [1.165, 1.54) is 0 Å². The molecule has 1 aromatic rings. The summed E-state index contributed by atoms with van der Waals surface area (Å²) in [5.41, 5.74) is 1.08. The van der Waals surface area contributed by atoms with Crippen molar-refractivity contribution in [2.24, 2.45) is 5.92 Å². The number of ether oxygens (including phenoxy) is 2. The van der Waals surface area contributed by atoms with Gasteiger partial charge in [0.2, 0.25) is 0 Å². The van der Waals surface area contributed by atoms with Crippen LogP contribution in [-0.2, 0) is 9.47 Å². The van der Waals surface area contributed by atoms with Crippen molar-refractivity contribution >= 4 is 27.5 Å². The van der Waals surface area contributed by atoms with E-state index in [1.54, 1.807) is 7.11 Å². The van der Waals surface area contributed by atoms with Crippen LogP contribution in [0.25, 0.3) is 0 Å². The molecule has 2 unspecified atom stereocenters. The van der Waals surface area contributed by atoms with E-state index in [0.29, 0.717) is 5.92 Å². The van der Waals surface area contributed by atoms with E-state index in [0.717, 1.165) is 47.8 Å². The quantitative estimate of drug-likeness (QED) is 0.799. The molecule has 19 heavy (non-hydrogen) atoms. The van der Waals surface area contributed by atoms with Gasteiger partial charge in [0.1, 0.15) is 0 Å². The summed E-state index contributed by atoms with van der Waals surface area (Å²) in [6.45, 7) is 3.33. The Kier molecular flexibility index (Phi) is 6.10. The minimum absolute atomic E-state index is 0.0932. The summed E-state index contributed by atoms with van der Waals surface area (Å²) in [4.78, 5) is 0. The second-order valence-electron chi connectivity index (χ2n) is 4.70. The van der Waals surface area contributed by atoms with Gasteiger partial charge in [-0.05, 0) is 24.1 Å². The van der Waals surface area contributed by atoms with Crippen LogP contribution in [0.5, 0.6) is 0 Å². The molecule has 1 aliphatic rings. The first kappa shape index (κ1) is 15.3. The van der Waals surface area contributed by atoms with Gasteiger partial charge in [0.15, 0.2) is 0 Å². The Morgan fingerprint density at radius 2 is 2.37 bits per heavy atom. The highest BCUT2D eigenvalue weighted by Crippen LogP contribution is 2.38. The molecule has 1 heterocycles. The summed E-state index contributed by atoms with van der Waals surface area (Å²) in [5.74, 6) is 0.468. The third kappa shape index (κ3) is 4.17. The molecule has 106 valence electrons. The average molecular weight is 349 g/mol. The van der Waals surface area contributed by atoms with E-state index < -0.39 is 0 Å². The summed E-state index contributed by atoms with van der Waals surface area (Å²) in [5, 5.41) is 4.17. The monoisotopic (exact) mass is 347 g/mol. The molecule has 0 amide bonds. The lowest BCUT2D eigenvalue weighted by Gasteiger charge is -2.20. The molecule has 3 nitrogen and oxygen atoms in total. The number of halogens is 2. The highest BCUT2D eigenvalue weighted by molar-refractivity contribution is 9.10. The van der Waals surface area contributed by atoms with Crippen molar-refractivity contribution in [2.45, 2.75) is 12.5 Å². The molecule has 0 bridgehead atoms. The minimum Gasteiger partial charge on any atom is -0.383 e. The molecule has 0 radical (unpaired) electrons. The number of methoxy groups -OCH3 is 1. The smallest absolute Gasteiger partial charge is 0.0880 e. The number of rotatable bonds is 6. The van der Waals surface area contributed by atoms with Gasteiger partial charge in [0.25, 0.3) is 0 Å². The first-order valence-electron chi connectivity index (χ1n) is 6.48. The molecule has 0 saturated carbocycles. The largest absolute Gasteiger partial charge is 0.383 e. The van der Waals surface area contributed by atoms with Crippen LogP contribution >= 0.6 is 27.5 Å². The minimum atomic E-state index is 0.0932. The third-order valence-corrected chi connectivity index (χ3v) is 4.19. The molecule has 0 aromatic heterocycles. The van der Waals surface area contributed by atoms with Crippen molar-refractivity contribution in [1.82, 2.24) is 5.32 Å². The first-order chi connectivity index (χ1) is 9.22. The average Bonchev–Trinajstić information content (AvgIpc) is 2.83. The van der Waals surface area contributed by atoms with Crippen LogP contribution in [0.15, 0.2) is 22.7 Å². The molecule has 1 aliphatic heterocycles. The van der Waals surface area contributed by atoms with Crippen LogP contribution in [0.1, 0.15) is 18.1 Å². The van der Waals surface area contributed by atoms with Crippen LogP contribution in [0.4, 0.5) is 0 Å². The van der Waals surface area contributed by atoms with Gasteiger partial charge >= 0.3 is 0 Å². The Labute approximate surface area is 127 Å². The Bertz CT molecular complexity index is 416. The molecule has 1 fully saturated rings. The zero-order valence-electron chi connectivity index (χ0n) is 11.0. The predicted molar refractivity (Wildman–Crippen MR) is 80.7 cm³/mol. The highest BCUT2D eigenvalue weighted by Gasteiger charge is 2.30. The van der Waals surface area contributed by atoms with Crippen molar-refractivity contribution < 1.29 is 9.47 Å². The van der Waals surface area contributed by atoms with Crippen LogP contribution in [0.3, 0.4) is 0 Å². The number of benzene rings is 1. The van der Waals surface area contributed by atoms with Crippen molar-refractivity contribution in [2.75, 3.05) is 33.4 Å². The lowest BCUT2D eigenvalue weighted by atomic mass is 9.95. The van der Waals surface area contributed by atoms with Crippen LogP contribution in [0, 0.1) is 5.92 Å². The first-order valence-corrected chi connectivity index (χ1v) is 7.65. The SMILES string of the molecule is COCCNCC1CCOC1c1ccc(Br)cc1Cl. The Morgan fingerprint density at radius 1 is 1.53 bits per heavy atom. The van der Waals surface area contributed by atoms with Gasteiger partial charge < -0.3 is 14.8 Å². The highest BCUT2D eigenvalue weighted by atomic mass is 79.9. The second kappa shape index (κ2) is 7.60. The maximum atomic E-state index is 6.31. The summed E-state index contributed by atoms with van der Waals surface area (Å²) < 4.78 is 11.9. The number of nitrogens with one attached hydrogen (secondary N) is 1. The van der Waals surface area contributed by atoms with Crippen LogP contribution in [-0.4, -0.2) is 33.4 Å². The van der Waals surface area contributed by atoms with Gasteiger partial charge in [0, 0.05) is 42.2 Å². The molecule has 0 aliphatic carbocycles. The van der Waals surface area contributed by atoms with Gasteiger partial charge in [-0.15, -0.1) is 0 Å². The second-order valence-corrected chi connectivity index (χ2v) is 6.03. The maximum absolute atomic E-state index is 6.31. The summed E-state index contributed by atoms with van der Waals surface area (Å²) in [7, 11) is 1.71. The predicted octanol–water partition coefficient (Wildman–Crippen LogP) is 3.42. The fourth-order valence-electron chi connectivity index (χ4n) is 2.38. The van der Waals surface area contributed by atoms with Crippen molar-refractivity contribution in [3.05, 3.63) is 33.3 Å². The standard InChI is InChI=1S/C14H19BrClNO2/c1-18-7-5-17-9-10-4-6-19-14(10)12-3-2-11(15)8-13(12)16/h2-3,8,10,14,17H,4-7,9H2,1H3. The number of hydrogen-bond donors (Lipinski definition) is 1. The van der Waals surface area contributed by atoms with Crippen molar-refractivity contribution in [3.8, 4) is 0 Å². The summed E-state index contributed by atoms with van der Waals surface area (Å²) in [6.07, 6.45) is 1.16. The van der Waals surface area contributed by atoms with Gasteiger partial charge in [0.05, 0.1) is 12.7 Å². The molecule has 1 aromatic carbocycles. The van der Waals surface area contributed by atoms with E-state index in [1.807, 2.05) is 18.2 Å². The van der Waals surface area contributed by atoms with Gasteiger partial charge in [-0.1, -0.05) is 33.6 Å². The van der Waals surface area contributed by atoms with Crippen molar-refractivity contribution in [3.63, 3.8) is 0 Å². The lowest BCUT2D eigenvalue weighted by Crippen LogP contribution is -2.27. The lowest BCUT2D eigenvalue weighted by molar-refractivity contribution is 0.0899. The molecule has 2 atom stereocenters. The molecular formula is C14H19BrClNO2. The molecule has 1 saturated heterocycles. The summed E-state index contributed by atoms with van der Waals surface area (Å²) in [6, 6.07) is 5.98. The molecular weight excluding hydrogens is 330 g/mol. The van der Waals surface area contributed by atoms with E-state index >= 15 is 0 Å². The maximum Gasteiger partial charge on any atom is 0.0880 e. The van der Waals surface area contributed by atoms with E-state index in [2.05, 4.69) is 21.2 Å². The Hall–Kier alpha value is -0.130. The van der Waals surface area contributed by atoms with Gasteiger partial charge in [-0.25, -0.2) is 0 Å². The van der Waals surface area contributed by atoms with Crippen LogP contribution in [0.2, 0.25) is 5.02 Å². The van der Waals surface area contributed by atoms with Crippen molar-refractivity contribution in [1.29, 1.82) is 0 Å². The molecule has 0 spiro atoms. The fourth-order valence-corrected chi connectivity index (χ4v) is 3.16. The topological polar surface area (TPSA) is 30.5 Å². The molecule has 5 heteroatoms. The fraction of sp³-hybridized carbons (Fsp3) is 0.571. The number of hydrogen-bond acceptors (Lipinski definition) is 3. The normalized spacial score (nSPS) is 22.9. The molecule has 1 N–H and O–H groups in total. The van der Waals surface area contributed by atoms with E-state index in [-0.39, 0.29) is 6.10 Å². The zero-order valence-corrected chi connectivity index (χ0v) is 13.3. The van der Waals surface area contributed by atoms with E-state index in [9.17, 15) is 0 Å².